The Balaban J connectivity index is 1.48. The molecule has 0 bridgehead atoms. The number of nitrogens with zero attached hydrogens (tertiary/aromatic N) is 1. The Morgan fingerprint density at radius 1 is 1.25 bits per heavy atom. The second kappa shape index (κ2) is 7.75. The third-order valence-corrected chi connectivity index (χ3v) is 5.00. The molecule has 1 aliphatic carbocycles. The predicted molar refractivity (Wildman–Crippen MR) is 93.5 cm³/mol. The van der Waals surface area contributed by atoms with Gasteiger partial charge in [0.05, 0.1) is 0 Å². The van der Waals surface area contributed by atoms with Crippen molar-refractivity contribution in [1.29, 1.82) is 0 Å². The zero-order valence-corrected chi connectivity index (χ0v) is 14.6. The summed E-state index contributed by atoms with van der Waals surface area (Å²) in [6.07, 6.45) is 4.95. The summed E-state index contributed by atoms with van der Waals surface area (Å²) in [5.74, 6) is 2.45. The van der Waals surface area contributed by atoms with Gasteiger partial charge in [-0.25, -0.2) is 0 Å². The van der Waals surface area contributed by atoms with Crippen LogP contribution in [0.4, 0.5) is 0 Å². The Hall–Kier alpha value is -1.95. The van der Waals surface area contributed by atoms with Crippen LogP contribution in [-0.2, 0) is 11.3 Å². The van der Waals surface area contributed by atoms with Crippen molar-refractivity contribution in [3.63, 3.8) is 0 Å². The van der Waals surface area contributed by atoms with Crippen molar-refractivity contribution < 1.29 is 14.2 Å². The van der Waals surface area contributed by atoms with Crippen LogP contribution in [0, 0.1) is 5.41 Å². The molecule has 3 rings (SSSR count). The fourth-order valence-corrected chi connectivity index (χ4v) is 3.24. The number of methoxy groups -OCH3 is 1. The third-order valence-electron chi connectivity index (χ3n) is 5.00. The van der Waals surface area contributed by atoms with Crippen LogP contribution in [0.25, 0.3) is 0 Å². The molecule has 0 aromatic heterocycles. The molecule has 0 atom stereocenters. The first-order valence-corrected chi connectivity index (χ1v) is 8.57. The number of guanidine groups is 1. The van der Waals surface area contributed by atoms with Crippen LogP contribution in [0.15, 0.2) is 23.2 Å². The number of ether oxygens (including phenoxy) is 3. The van der Waals surface area contributed by atoms with Crippen LogP contribution in [0.1, 0.15) is 31.2 Å². The van der Waals surface area contributed by atoms with E-state index in [1.807, 2.05) is 18.2 Å². The number of nitrogens with one attached hydrogen (secondary N) is 2. The van der Waals surface area contributed by atoms with E-state index in [9.17, 15) is 0 Å². The predicted octanol–water partition coefficient (Wildman–Crippen LogP) is 2.29. The van der Waals surface area contributed by atoms with Gasteiger partial charge in [-0.1, -0.05) is 12.5 Å². The quantitative estimate of drug-likeness (QED) is 0.592. The molecular formula is C18H27N3O3. The SMILES string of the molecule is CN=C(NCc1ccc2c(c1)OCO2)NCC1(CCOC)CCC1. The number of fused-ring (bicyclic) bond motifs is 1. The van der Waals surface area contributed by atoms with E-state index in [0.29, 0.717) is 18.8 Å². The number of benzene rings is 1. The molecule has 1 aromatic rings. The average Bonchev–Trinajstić information content (AvgIpc) is 3.03. The molecule has 0 saturated heterocycles. The molecule has 2 N–H and O–H groups in total. The minimum Gasteiger partial charge on any atom is -0.454 e. The van der Waals surface area contributed by atoms with Gasteiger partial charge in [0.2, 0.25) is 6.79 Å². The Morgan fingerprint density at radius 3 is 2.79 bits per heavy atom. The van der Waals surface area contributed by atoms with Crippen molar-refractivity contribution in [2.24, 2.45) is 10.4 Å². The summed E-state index contributed by atoms with van der Waals surface area (Å²) in [5, 5.41) is 6.84. The molecule has 6 heteroatoms. The Labute approximate surface area is 143 Å². The van der Waals surface area contributed by atoms with Crippen molar-refractivity contribution in [3.05, 3.63) is 23.8 Å². The molecule has 1 fully saturated rings. The number of hydrogen-bond donors (Lipinski definition) is 2. The maximum atomic E-state index is 5.42. The molecule has 0 spiro atoms. The number of rotatable bonds is 7. The third kappa shape index (κ3) is 3.93. The Bertz CT molecular complexity index is 585. The minimum atomic E-state index is 0.305. The van der Waals surface area contributed by atoms with Gasteiger partial charge >= 0.3 is 0 Å². The van der Waals surface area contributed by atoms with Crippen LogP contribution in [0.3, 0.4) is 0 Å². The normalized spacial score (nSPS) is 18.2. The van der Waals surface area contributed by atoms with E-state index in [1.54, 1.807) is 14.2 Å². The lowest BCUT2D eigenvalue weighted by Crippen LogP contribution is -2.46. The van der Waals surface area contributed by atoms with Crippen LogP contribution in [0.2, 0.25) is 0 Å². The molecule has 24 heavy (non-hydrogen) atoms. The Kier molecular flexibility index (Phi) is 5.45. The van der Waals surface area contributed by atoms with Gasteiger partial charge in [-0.15, -0.1) is 0 Å². The zero-order chi connectivity index (χ0) is 16.8. The largest absolute Gasteiger partial charge is 0.454 e. The highest BCUT2D eigenvalue weighted by molar-refractivity contribution is 5.79. The second-order valence-electron chi connectivity index (χ2n) is 6.56. The van der Waals surface area contributed by atoms with Crippen molar-refractivity contribution in [1.82, 2.24) is 10.6 Å². The summed E-state index contributed by atoms with van der Waals surface area (Å²) >= 11 is 0. The average molecular weight is 333 g/mol. The Morgan fingerprint density at radius 2 is 2.08 bits per heavy atom. The topological polar surface area (TPSA) is 64.1 Å². The van der Waals surface area contributed by atoms with Crippen LogP contribution >= 0.6 is 0 Å². The van der Waals surface area contributed by atoms with Gasteiger partial charge in [0, 0.05) is 33.9 Å². The van der Waals surface area contributed by atoms with E-state index in [4.69, 9.17) is 14.2 Å². The molecule has 1 heterocycles. The van der Waals surface area contributed by atoms with Crippen molar-refractivity contribution in [3.8, 4) is 11.5 Å². The number of hydrogen-bond acceptors (Lipinski definition) is 4. The van der Waals surface area contributed by atoms with E-state index < -0.39 is 0 Å². The fourth-order valence-electron chi connectivity index (χ4n) is 3.24. The molecule has 132 valence electrons. The highest BCUT2D eigenvalue weighted by atomic mass is 16.7. The maximum Gasteiger partial charge on any atom is 0.231 e. The highest BCUT2D eigenvalue weighted by Gasteiger charge is 2.36. The summed E-state index contributed by atoms with van der Waals surface area (Å²) < 4.78 is 16.0. The van der Waals surface area contributed by atoms with Crippen molar-refractivity contribution in [2.45, 2.75) is 32.2 Å². The lowest BCUT2D eigenvalue weighted by atomic mass is 9.67. The molecule has 1 saturated carbocycles. The van der Waals surface area contributed by atoms with E-state index in [1.165, 1.54) is 19.3 Å². The van der Waals surface area contributed by atoms with Gasteiger partial charge in [-0.2, -0.15) is 0 Å². The maximum absolute atomic E-state index is 5.42. The molecule has 1 aromatic carbocycles. The van der Waals surface area contributed by atoms with Gasteiger partial charge in [-0.05, 0) is 42.4 Å². The second-order valence-corrected chi connectivity index (χ2v) is 6.56. The van der Waals surface area contributed by atoms with Gasteiger partial charge in [0.25, 0.3) is 0 Å². The van der Waals surface area contributed by atoms with Crippen LogP contribution in [0.5, 0.6) is 11.5 Å². The zero-order valence-electron chi connectivity index (χ0n) is 14.6. The summed E-state index contributed by atoms with van der Waals surface area (Å²) in [6.45, 7) is 2.77. The molecular weight excluding hydrogens is 306 g/mol. The van der Waals surface area contributed by atoms with E-state index >= 15 is 0 Å². The summed E-state index contributed by atoms with van der Waals surface area (Å²) in [6, 6.07) is 6.00. The monoisotopic (exact) mass is 333 g/mol. The summed E-state index contributed by atoms with van der Waals surface area (Å²) in [7, 11) is 3.57. The van der Waals surface area contributed by atoms with Crippen LogP contribution in [-0.4, -0.2) is 40.1 Å². The van der Waals surface area contributed by atoms with Crippen molar-refractivity contribution >= 4 is 5.96 Å². The molecule has 2 aliphatic rings. The lowest BCUT2D eigenvalue weighted by molar-refractivity contribution is 0.0732. The van der Waals surface area contributed by atoms with Gasteiger partial charge in [0.1, 0.15) is 0 Å². The number of aliphatic imine (C=N–C) groups is 1. The fraction of sp³-hybridized carbons (Fsp3) is 0.611. The van der Waals surface area contributed by atoms with E-state index in [-0.39, 0.29) is 0 Å². The van der Waals surface area contributed by atoms with Gasteiger partial charge < -0.3 is 24.8 Å². The van der Waals surface area contributed by atoms with Gasteiger partial charge in [-0.3, -0.25) is 4.99 Å². The standard InChI is InChI=1S/C18H27N3O3/c1-19-17(21-12-18(6-3-7-18)8-9-22-2)20-11-14-4-5-15-16(10-14)24-13-23-15/h4-5,10H,3,6-9,11-13H2,1-2H3,(H2,19,20,21). The first kappa shape index (κ1) is 16.9. The first-order chi connectivity index (χ1) is 11.7. The summed E-state index contributed by atoms with van der Waals surface area (Å²) in [5.41, 5.74) is 1.51. The molecule has 1 aliphatic heterocycles. The van der Waals surface area contributed by atoms with Crippen LogP contribution < -0.4 is 20.1 Å². The lowest BCUT2D eigenvalue weighted by Gasteiger charge is -2.42. The summed E-state index contributed by atoms with van der Waals surface area (Å²) in [4.78, 5) is 4.32. The molecule has 0 radical (unpaired) electrons. The van der Waals surface area contributed by atoms with E-state index in [0.717, 1.165) is 42.6 Å². The molecule has 0 amide bonds. The molecule has 6 nitrogen and oxygen atoms in total. The smallest absolute Gasteiger partial charge is 0.231 e. The minimum absolute atomic E-state index is 0.305. The molecule has 0 unspecified atom stereocenters. The first-order valence-electron chi connectivity index (χ1n) is 8.57. The van der Waals surface area contributed by atoms with Crippen molar-refractivity contribution in [2.75, 3.05) is 34.1 Å². The van der Waals surface area contributed by atoms with E-state index in [2.05, 4.69) is 15.6 Å². The highest BCUT2D eigenvalue weighted by Crippen LogP contribution is 2.43. The van der Waals surface area contributed by atoms with Gasteiger partial charge in [0.15, 0.2) is 17.5 Å².